The first kappa shape index (κ1) is 21.1. The summed E-state index contributed by atoms with van der Waals surface area (Å²) in [4.78, 5) is 12.6. The molecule has 29 heavy (non-hydrogen) atoms. The molecule has 0 atom stereocenters. The molecule has 0 saturated carbocycles. The first-order valence-electron chi connectivity index (χ1n) is 9.57. The summed E-state index contributed by atoms with van der Waals surface area (Å²) in [6.07, 6.45) is 0.746. The van der Waals surface area contributed by atoms with Gasteiger partial charge in [-0.3, -0.25) is 9.48 Å². The van der Waals surface area contributed by atoms with E-state index in [4.69, 9.17) is 21.1 Å². The summed E-state index contributed by atoms with van der Waals surface area (Å²) in [5.74, 6) is 0.238. The lowest BCUT2D eigenvalue weighted by atomic mass is 10.1. The Morgan fingerprint density at radius 1 is 1.21 bits per heavy atom. The zero-order chi connectivity index (χ0) is 20.9. The van der Waals surface area contributed by atoms with E-state index in [0.717, 1.165) is 22.9 Å². The van der Waals surface area contributed by atoms with Crippen molar-refractivity contribution in [1.82, 2.24) is 15.1 Å². The molecule has 0 spiro atoms. The largest absolute Gasteiger partial charge is 0.460 e. The van der Waals surface area contributed by atoms with Gasteiger partial charge in [-0.05, 0) is 50.1 Å². The molecule has 6 nitrogen and oxygen atoms in total. The molecule has 3 rings (SSSR count). The number of carbonyl (C=O) groups excluding carboxylic acids is 1. The summed E-state index contributed by atoms with van der Waals surface area (Å²) >= 11 is 6.11. The van der Waals surface area contributed by atoms with Crippen LogP contribution < -0.4 is 10.1 Å². The topological polar surface area (TPSA) is 65.4 Å². The number of methoxy groups -OCH3 is 1. The van der Waals surface area contributed by atoms with Crippen LogP contribution in [0.25, 0.3) is 10.9 Å². The number of para-hydroxylation sites is 1. The minimum atomic E-state index is -1.06. The van der Waals surface area contributed by atoms with E-state index < -0.39 is 5.60 Å². The number of benzene rings is 2. The standard InChI is InChI=1S/C22H26ClN3O3/c1-22(2,21(27)24-12-7-13-28-3)29-20-18-10-4-5-11-19(18)26(25-20)15-16-8-6-9-17(23)14-16/h4-6,8-11,14H,7,12-13,15H2,1-3H3,(H,24,27). The number of nitrogens with one attached hydrogen (secondary N) is 1. The molecule has 1 aromatic heterocycles. The maximum Gasteiger partial charge on any atom is 0.263 e. The van der Waals surface area contributed by atoms with E-state index in [-0.39, 0.29) is 5.91 Å². The van der Waals surface area contributed by atoms with Crippen LogP contribution in [0.3, 0.4) is 0 Å². The lowest BCUT2D eigenvalue weighted by Crippen LogP contribution is -2.47. The minimum absolute atomic E-state index is 0.193. The molecule has 0 bridgehead atoms. The Bertz CT molecular complexity index is 984. The molecule has 0 unspecified atom stereocenters. The number of ether oxygens (including phenoxy) is 2. The Labute approximate surface area is 175 Å². The van der Waals surface area contributed by atoms with Gasteiger partial charge in [0.05, 0.1) is 17.4 Å². The second-order valence-electron chi connectivity index (χ2n) is 7.32. The highest BCUT2D eigenvalue weighted by molar-refractivity contribution is 6.30. The van der Waals surface area contributed by atoms with Crippen LogP contribution in [0.15, 0.2) is 48.5 Å². The highest BCUT2D eigenvalue weighted by atomic mass is 35.5. The number of amides is 1. The van der Waals surface area contributed by atoms with Crippen molar-refractivity contribution in [3.8, 4) is 5.88 Å². The molecule has 2 aromatic carbocycles. The normalized spacial score (nSPS) is 11.6. The molecule has 0 fully saturated rings. The van der Waals surface area contributed by atoms with Crippen molar-refractivity contribution in [3.63, 3.8) is 0 Å². The number of rotatable bonds is 9. The van der Waals surface area contributed by atoms with E-state index in [1.165, 1.54) is 0 Å². The third-order valence-corrected chi connectivity index (χ3v) is 4.79. The summed E-state index contributed by atoms with van der Waals surface area (Å²) < 4.78 is 12.9. The number of aromatic nitrogens is 2. The molecule has 0 aliphatic rings. The summed E-state index contributed by atoms with van der Waals surface area (Å²) in [5.41, 5.74) is 0.900. The molecule has 1 N–H and O–H groups in total. The van der Waals surface area contributed by atoms with Crippen molar-refractivity contribution < 1.29 is 14.3 Å². The maximum absolute atomic E-state index is 12.6. The summed E-state index contributed by atoms with van der Waals surface area (Å²) in [7, 11) is 1.64. The van der Waals surface area contributed by atoms with Crippen LogP contribution >= 0.6 is 11.6 Å². The van der Waals surface area contributed by atoms with Crippen molar-refractivity contribution in [2.75, 3.05) is 20.3 Å². The van der Waals surface area contributed by atoms with Gasteiger partial charge in [0.15, 0.2) is 5.60 Å². The quantitative estimate of drug-likeness (QED) is 0.535. The van der Waals surface area contributed by atoms with Crippen molar-refractivity contribution in [2.24, 2.45) is 0 Å². The van der Waals surface area contributed by atoms with Crippen molar-refractivity contribution in [1.29, 1.82) is 0 Å². The van der Waals surface area contributed by atoms with E-state index in [1.807, 2.05) is 53.2 Å². The van der Waals surface area contributed by atoms with Crippen LogP contribution in [0.4, 0.5) is 0 Å². The van der Waals surface area contributed by atoms with Gasteiger partial charge >= 0.3 is 0 Å². The second kappa shape index (κ2) is 9.29. The van der Waals surface area contributed by atoms with Crippen LogP contribution in [-0.4, -0.2) is 41.6 Å². The van der Waals surface area contributed by atoms with Gasteiger partial charge in [0.2, 0.25) is 5.88 Å². The Morgan fingerprint density at radius 3 is 2.76 bits per heavy atom. The Hall–Kier alpha value is -2.57. The van der Waals surface area contributed by atoms with Gasteiger partial charge in [0, 0.05) is 25.3 Å². The number of halogens is 1. The maximum atomic E-state index is 12.6. The van der Waals surface area contributed by atoms with Gasteiger partial charge in [-0.1, -0.05) is 35.9 Å². The molecule has 0 aliphatic carbocycles. The fourth-order valence-electron chi connectivity index (χ4n) is 3.02. The summed E-state index contributed by atoms with van der Waals surface area (Å²) in [5, 5.41) is 9.07. The third kappa shape index (κ3) is 5.28. The Balaban J connectivity index is 1.81. The number of carbonyl (C=O) groups is 1. The van der Waals surface area contributed by atoms with Crippen molar-refractivity contribution in [2.45, 2.75) is 32.4 Å². The second-order valence-corrected chi connectivity index (χ2v) is 7.76. The van der Waals surface area contributed by atoms with E-state index in [9.17, 15) is 4.79 Å². The summed E-state index contributed by atoms with van der Waals surface area (Å²) in [6, 6.07) is 15.5. The molecule has 1 amide bonds. The average molecular weight is 416 g/mol. The number of nitrogens with zero attached hydrogens (tertiary/aromatic N) is 2. The van der Waals surface area contributed by atoms with Crippen LogP contribution in [0.1, 0.15) is 25.8 Å². The predicted octanol–water partition coefficient (Wildman–Crippen LogP) is 4.05. The Kier molecular flexibility index (Phi) is 6.77. The predicted molar refractivity (Wildman–Crippen MR) is 114 cm³/mol. The molecule has 0 aliphatic heterocycles. The molecule has 154 valence electrons. The van der Waals surface area contributed by atoms with Crippen molar-refractivity contribution >= 4 is 28.4 Å². The number of hydrogen-bond acceptors (Lipinski definition) is 4. The third-order valence-electron chi connectivity index (χ3n) is 4.55. The zero-order valence-corrected chi connectivity index (χ0v) is 17.7. The number of hydrogen-bond donors (Lipinski definition) is 1. The van der Waals surface area contributed by atoms with Gasteiger partial charge in [-0.2, -0.15) is 0 Å². The minimum Gasteiger partial charge on any atom is -0.460 e. The lowest BCUT2D eigenvalue weighted by Gasteiger charge is -2.24. The highest BCUT2D eigenvalue weighted by Gasteiger charge is 2.31. The molecule has 3 aromatic rings. The zero-order valence-electron chi connectivity index (χ0n) is 16.9. The van der Waals surface area contributed by atoms with Gasteiger partial charge in [0.1, 0.15) is 0 Å². The van der Waals surface area contributed by atoms with Crippen LogP contribution in [0.5, 0.6) is 5.88 Å². The van der Waals surface area contributed by atoms with E-state index >= 15 is 0 Å². The van der Waals surface area contributed by atoms with Crippen LogP contribution in [-0.2, 0) is 16.1 Å². The first-order valence-corrected chi connectivity index (χ1v) is 9.95. The molecule has 0 saturated heterocycles. The van der Waals surface area contributed by atoms with Crippen LogP contribution in [0, 0.1) is 0 Å². The average Bonchev–Trinajstić information content (AvgIpc) is 3.02. The summed E-state index contributed by atoms with van der Waals surface area (Å²) in [6.45, 7) is 5.16. The van der Waals surface area contributed by atoms with Gasteiger partial charge in [0.25, 0.3) is 5.91 Å². The molecular weight excluding hydrogens is 390 g/mol. The molecule has 1 heterocycles. The molecular formula is C22H26ClN3O3. The Morgan fingerprint density at radius 2 is 2.00 bits per heavy atom. The van der Waals surface area contributed by atoms with E-state index in [2.05, 4.69) is 10.4 Å². The van der Waals surface area contributed by atoms with Crippen molar-refractivity contribution in [3.05, 3.63) is 59.1 Å². The fraction of sp³-hybridized carbons (Fsp3) is 0.364. The molecule has 7 heteroatoms. The monoisotopic (exact) mass is 415 g/mol. The molecule has 0 radical (unpaired) electrons. The smallest absolute Gasteiger partial charge is 0.263 e. The fourth-order valence-corrected chi connectivity index (χ4v) is 3.23. The highest BCUT2D eigenvalue weighted by Crippen LogP contribution is 2.28. The lowest BCUT2D eigenvalue weighted by molar-refractivity contribution is -0.134. The van der Waals surface area contributed by atoms with Crippen LogP contribution in [0.2, 0.25) is 5.02 Å². The van der Waals surface area contributed by atoms with Gasteiger partial charge in [-0.15, -0.1) is 5.10 Å². The van der Waals surface area contributed by atoms with Gasteiger partial charge in [-0.25, -0.2) is 0 Å². The van der Waals surface area contributed by atoms with E-state index in [1.54, 1.807) is 21.0 Å². The van der Waals surface area contributed by atoms with Gasteiger partial charge < -0.3 is 14.8 Å². The first-order chi connectivity index (χ1) is 13.9. The SMILES string of the molecule is COCCCNC(=O)C(C)(C)Oc1nn(Cc2cccc(Cl)c2)c2ccccc12. The van der Waals surface area contributed by atoms with E-state index in [0.29, 0.717) is 30.6 Å². The number of fused-ring (bicyclic) bond motifs is 1.